The summed E-state index contributed by atoms with van der Waals surface area (Å²) < 4.78 is 15.7. The highest BCUT2D eigenvalue weighted by Gasteiger charge is 2.20. The van der Waals surface area contributed by atoms with E-state index in [1.54, 1.807) is 18.2 Å². The molecular formula is C23H24Cl2FN3. The van der Waals surface area contributed by atoms with E-state index in [-0.39, 0.29) is 5.82 Å². The van der Waals surface area contributed by atoms with Crippen LogP contribution < -0.4 is 0 Å². The van der Waals surface area contributed by atoms with Crippen LogP contribution in [-0.2, 0) is 6.54 Å². The first kappa shape index (κ1) is 20.4. The van der Waals surface area contributed by atoms with E-state index < -0.39 is 0 Å². The van der Waals surface area contributed by atoms with Gasteiger partial charge >= 0.3 is 0 Å². The van der Waals surface area contributed by atoms with Crippen LogP contribution in [0, 0.1) is 12.7 Å². The molecule has 4 rings (SSSR count). The fourth-order valence-electron chi connectivity index (χ4n) is 3.88. The number of nitrogens with zero attached hydrogens (tertiary/aromatic N) is 3. The zero-order valence-corrected chi connectivity index (χ0v) is 18.1. The van der Waals surface area contributed by atoms with Crippen LogP contribution in [-0.4, -0.2) is 47.6 Å². The van der Waals surface area contributed by atoms with Crippen molar-refractivity contribution in [2.45, 2.75) is 13.5 Å². The van der Waals surface area contributed by atoms with Crippen LogP contribution >= 0.6 is 23.2 Å². The number of hydrogen-bond donors (Lipinski definition) is 0. The highest BCUT2D eigenvalue weighted by atomic mass is 35.5. The van der Waals surface area contributed by atoms with Gasteiger partial charge in [-0.25, -0.2) is 4.39 Å². The molecule has 0 amide bonds. The van der Waals surface area contributed by atoms with Gasteiger partial charge in [-0.05, 0) is 68.1 Å². The highest BCUT2D eigenvalue weighted by molar-refractivity contribution is 6.36. The fraction of sp³-hybridized carbons (Fsp3) is 0.304. The van der Waals surface area contributed by atoms with E-state index in [0.29, 0.717) is 10.0 Å². The van der Waals surface area contributed by atoms with Crippen molar-refractivity contribution in [2.24, 2.45) is 0 Å². The second-order valence-electron chi connectivity index (χ2n) is 7.66. The predicted octanol–water partition coefficient (Wildman–Crippen LogP) is 5.65. The number of piperazine rings is 1. The maximum absolute atomic E-state index is 13.5. The SMILES string of the molecule is Cc1c(CN2CCN(C)CC2)cc(-c2ccc(Cl)cc2Cl)n1-c1ccc(F)cc1. The van der Waals surface area contributed by atoms with Crippen LogP contribution in [0.25, 0.3) is 16.9 Å². The van der Waals surface area contributed by atoms with Gasteiger partial charge in [0.05, 0.1) is 10.7 Å². The molecule has 0 spiro atoms. The van der Waals surface area contributed by atoms with Gasteiger partial charge in [-0.2, -0.15) is 0 Å². The van der Waals surface area contributed by atoms with Gasteiger partial charge in [0.1, 0.15) is 5.82 Å². The molecule has 2 aromatic carbocycles. The number of aromatic nitrogens is 1. The van der Waals surface area contributed by atoms with Crippen LogP contribution in [0.3, 0.4) is 0 Å². The second kappa shape index (κ2) is 8.49. The van der Waals surface area contributed by atoms with E-state index in [2.05, 4.69) is 34.4 Å². The van der Waals surface area contributed by atoms with Crippen molar-refractivity contribution >= 4 is 23.2 Å². The zero-order valence-electron chi connectivity index (χ0n) is 16.6. The molecule has 0 unspecified atom stereocenters. The van der Waals surface area contributed by atoms with E-state index in [9.17, 15) is 4.39 Å². The Labute approximate surface area is 181 Å². The Morgan fingerprint density at radius 1 is 0.931 bits per heavy atom. The summed E-state index contributed by atoms with van der Waals surface area (Å²) in [6.45, 7) is 7.25. The molecular weight excluding hydrogens is 408 g/mol. The van der Waals surface area contributed by atoms with Crippen molar-refractivity contribution < 1.29 is 4.39 Å². The van der Waals surface area contributed by atoms with Crippen LogP contribution in [0.15, 0.2) is 48.5 Å². The monoisotopic (exact) mass is 431 g/mol. The Kier molecular flexibility index (Phi) is 5.98. The maximum atomic E-state index is 13.5. The molecule has 0 N–H and O–H groups in total. The zero-order chi connectivity index (χ0) is 20.5. The number of rotatable bonds is 4. The van der Waals surface area contributed by atoms with Crippen molar-refractivity contribution in [3.63, 3.8) is 0 Å². The summed E-state index contributed by atoms with van der Waals surface area (Å²) in [7, 11) is 2.16. The summed E-state index contributed by atoms with van der Waals surface area (Å²) in [6.07, 6.45) is 0. The third-order valence-corrected chi connectivity index (χ3v) is 6.18. The van der Waals surface area contributed by atoms with E-state index >= 15 is 0 Å². The highest BCUT2D eigenvalue weighted by Crippen LogP contribution is 2.35. The lowest BCUT2D eigenvalue weighted by molar-refractivity contribution is 0.148. The normalized spacial score (nSPS) is 15.8. The van der Waals surface area contributed by atoms with E-state index in [1.165, 1.54) is 17.7 Å². The van der Waals surface area contributed by atoms with Gasteiger partial charge in [0.25, 0.3) is 0 Å². The van der Waals surface area contributed by atoms with Crippen molar-refractivity contribution in [1.29, 1.82) is 0 Å². The third kappa shape index (κ3) is 4.36. The molecule has 0 atom stereocenters. The molecule has 0 bridgehead atoms. The largest absolute Gasteiger partial charge is 0.314 e. The molecule has 1 aliphatic heterocycles. The van der Waals surface area contributed by atoms with Crippen LogP contribution in [0.5, 0.6) is 0 Å². The van der Waals surface area contributed by atoms with Gasteiger partial charge in [0.15, 0.2) is 0 Å². The minimum Gasteiger partial charge on any atom is -0.314 e. The van der Waals surface area contributed by atoms with Crippen molar-refractivity contribution in [3.8, 4) is 16.9 Å². The number of likely N-dealkylation sites (N-methyl/N-ethyl adjacent to an activating group) is 1. The molecule has 0 radical (unpaired) electrons. The smallest absolute Gasteiger partial charge is 0.123 e. The number of hydrogen-bond acceptors (Lipinski definition) is 2. The lowest BCUT2D eigenvalue weighted by atomic mass is 10.1. The lowest BCUT2D eigenvalue weighted by Crippen LogP contribution is -2.43. The molecule has 0 saturated carbocycles. The minimum absolute atomic E-state index is 0.248. The van der Waals surface area contributed by atoms with Crippen molar-refractivity contribution in [3.05, 3.63) is 75.7 Å². The Morgan fingerprint density at radius 3 is 2.28 bits per heavy atom. The first-order valence-corrected chi connectivity index (χ1v) is 10.5. The van der Waals surface area contributed by atoms with Gasteiger partial charge in [-0.3, -0.25) is 4.90 Å². The number of benzene rings is 2. The van der Waals surface area contributed by atoms with Crippen LogP contribution in [0.1, 0.15) is 11.3 Å². The molecule has 3 aromatic rings. The molecule has 6 heteroatoms. The molecule has 1 aromatic heterocycles. The van der Waals surface area contributed by atoms with Crippen LogP contribution in [0.2, 0.25) is 10.0 Å². The fourth-order valence-corrected chi connectivity index (χ4v) is 4.39. The van der Waals surface area contributed by atoms with E-state index in [4.69, 9.17) is 23.2 Å². The molecule has 152 valence electrons. The van der Waals surface area contributed by atoms with Gasteiger partial charge in [0.2, 0.25) is 0 Å². The summed E-state index contributed by atoms with van der Waals surface area (Å²) in [5, 5.41) is 1.21. The molecule has 0 aliphatic carbocycles. The Balaban J connectivity index is 1.78. The Morgan fingerprint density at radius 2 is 1.62 bits per heavy atom. The molecule has 29 heavy (non-hydrogen) atoms. The first-order chi connectivity index (χ1) is 13.9. The minimum atomic E-state index is -0.248. The summed E-state index contributed by atoms with van der Waals surface area (Å²) in [4.78, 5) is 4.83. The maximum Gasteiger partial charge on any atom is 0.123 e. The van der Waals surface area contributed by atoms with Gasteiger partial charge in [-0.15, -0.1) is 0 Å². The molecule has 1 saturated heterocycles. The van der Waals surface area contributed by atoms with Gasteiger partial charge < -0.3 is 9.47 Å². The van der Waals surface area contributed by atoms with Crippen molar-refractivity contribution in [1.82, 2.24) is 14.4 Å². The standard InChI is InChI=1S/C23H24Cl2FN3/c1-16-17(15-28-11-9-27(2)10-12-28)13-23(21-8-3-18(24)14-22(21)25)29(16)20-6-4-19(26)5-7-20/h3-8,13-14H,9-12,15H2,1-2H3. The summed E-state index contributed by atoms with van der Waals surface area (Å²) >= 11 is 12.7. The quantitative estimate of drug-likeness (QED) is 0.528. The molecule has 2 heterocycles. The summed E-state index contributed by atoms with van der Waals surface area (Å²) in [5.74, 6) is -0.248. The van der Waals surface area contributed by atoms with Gasteiger partial charge in [-0.1, -0.05) is 23.2 Å². The average Bonchev–Trinajstić information content (AvgIpc) is 3.00. The van der Waals surface area contributed by atoms with Gasteiger partial charge in [0, 0.05) is 54.7 Å². The number of halogens is 3. The van der Waals surface area contributed by atoms with Crippen LogP contribution in [0.4, 0.5) is 4.39 Å². The first-order valence-electron chi connectivity index (χ1n) is 9.76. The predicted molar refractivity (Wildman–Crippen MR) is 119 cm³/mol. The topological polar surface area (TPSA) is 11.4 Å². The molecule has 3 nitrogen and oxygen atoms in total. The summed E-state index contributed by atoms with van der Waals surface area (Å²) in [6, 6.07) is 14.3. The molecule has 1 aliphatic rings. The van der Waals surface area contributed by atoms with E-state index in [1.807, 2.05) is 12.1 Å². The second-order valence-corrected chi connectivity index (χ2v) is 8.50. The average molecular weight is 432 g/mol. The Hall–Kier alpha value is -1.85. The Bertz CT molecular complexity index is 1010. The molecule has 1 fully saturated rings. The third-order valence-electron chi connectivity index (χ3n) is 5.63. The lowest BCUT2D eigenvalue weighted by Gasteiger charge is -2.32. The van der Waals surface area contributed by atoms with Crippen molar-refractivity contribution in [2.75, 3.05) is 33.2 Å². The summed E-state index contributed by atoms with van der Waals surface area (Å²) in [5.41, 5.74) is 5.19. The van der Waals surface area contributed by atoms with E-state index in [0.717, 1.165) is 55.4 Å².